The third-order valence-corrected chi connectivity index (χ3v) is 4.50. The molecule has 2 heterocycles. The lowest BCUT2D eigenvalue weighted by Gasteiger charge is -2.19. The number of hydrogen-bond acceptors (Lipinski definition) is 7. The molecule has 1 N–H and O–H groups in total. The zero-order valence-corrected chi connectivity index (χ0v) is 17.3. The van der Waals surface area contributed by atoms with E-state index in [2.05, 4.69) is 48.0 Å². The van der Waals surface area contributed by atoms with E-state index < -0.39 is 0 Å². The summed E-state index contributed by atoms with van der Waals surface area (Å²) in [5.74, 6) is 2.33. The van der Waals surface area contributed by atoms with Crippen molar-refractivity contribution in [1.82, 2.24) is 15.0 Å². The van der Waals surface area contributed by atoms with E-state index >= 15 is 0 Å². The molecule has 27 heavy (non-hydrogen) atoms. The van der Waals surface area contributed by atoms with Crippen molar-refractivity contribution < 1.29 is 14.2 Å². The van der Waals surface area contributed by atoms with Crippen LogP contribution in [-0.4, -0.2) is 42.3 Å². The second kappa shape index (κ2) is 9.39. The van der Waals surface area contributed by atoms with E-state index in [0.29, 0.717) is 40.5 Å². The van der Waals surface area contributed by atoms with Gasteiger partial charge in [0.15, 0.2) is 5.82 Å². The molecule has 7 nitrogen and oxygen atoms in total. The lowest BCUT2D eigenvalue weighted by atomic mass is 10.1. The molecule has 0 amide bonds. The Bertz CT molecular complexity index is 761. The Hall–Kier alpha value is -2.57. The Morgan fingerprint density at radius 1 is 0.963 bits per heavy atom. The number of nitrogens with zero attached hydrogens (tertiary/aromatic N) is 3. The van der Waals surface area contributed by atoms with Crippen molar-refractivity contribution in [2.24, 2.45) is 0 Å². The van der Waals surface area contributed by atoms with Gasteiger partial charge in [0, 0.05) is 24.0 Å². The number of methoxy groups -OCH3 is 3. The maximum atomic E-state index is 5.57. The molecule has 0 saturated carbocycles. The number of pyridine rings is 1. The van der Waals surface area contributed by atoms with Crippen LogP contribution >= 0.6 is 0 Å². The minimum absolute atomic E-state index is 0.283. The van der Waals surface area contributed by atoms with E-state index in [1.54, 1.807) is 27.5 Å². The Morgan fingerprint density at radius 2 is 1.63 bits per heavy atom. The normalized spacial score (nSPS) is 11.0. The molecule has 0 aromatic carbocycles. The Labute approximate surface area is 161 Å². The van der Waals surface area contributed by atoms with Gasteiger partial charge in [-0.05, 0) is 18.8 Å². The number of anilines is 1. The molecular weight excluding hydrogens is 344 g/mol. The van der Waals surface area contributed by atoms with Crippen LogP contribution in [0.3, 0.4) is 0 Å². The van der Waals surface area contributed by atoms with Gasteiger partial charge in [-0.3, -0.25) is 4.98 Å². The maximum absolute atomic E-state index is 5.57. The van der Waals surface area contributed by atoms with Crippen LogP contribution in [0.25, 0.3) is 11.3 Å². The Balaban J connectivity index is 2.57. The minimum Gasteiger partial charge on any atom is -0.496 e. The molecule has 2 aromatic rings. The summed E-state index contributed by atoms with van der Waals surface area (Å²) in [5.41, 5.74) is 2.18. The van der Waals surface area contributed by atoms with E-state index in [4.69, 9.17) is 14.2 Å². The number of aromatic nitrogens is 3. The molecule has 7 heteroatoms. The highest BCUT2D eigenvalue weighted by atomic mass is 16.5. The molecule has 2 rings (SSSR count). The van der Waals surface area contributed by atoms with Gasteiger partial charge in [-0.15, -0.1) is 0 Å². The molecule has 2 aromatic heterocycles. The fraction of sp³-hybridized carbons (Fsp3) is 0.550. The molecule has 0 bridgehead atoms. The molecule has 148 valence electrons. The van der Waals surface area contributed by atoms with Gasteiger partial charge in [0.05, 0.1) is 26.9 Å². The first kappa shape index (κ1) is 20.7. The lowest BCUT2D eigenvalue weighted by molar-refractivity contribution is 0.377. The van der Waals surface area contributed by atoms with Crippen LogP contribution in [0.5, 0.6) is 17.5 Å². The number of rotatable bonds is 9. The van der Waals surface area contributed by atoms with Crippen LogP contribution in [0, 0.1) is 0 Å². The standard InChI is InChI=1S/C20H30N4O3/c1-8-13(9-2)22-18-20(27-7)23-17(19(24-18)26-6)14-11-21-15(12(3)4)10-16(14)25-5/h10-13H,8-9H2,1-7H3,(H,22,24). The summed E-state index contributed by atoms with van der Waals surface area (Å²) in [6.07, 6.45) is 3.69. The monoisotopic (exact) mass is 374 g/mol. The summed E-state index contributed by atoms with van der Waals surface area (Å²) in [6, 6.07) is 2.20. The predicted octanol–water partition coefficient (Wildman–Crippen LogP) is 4.29. The molecule has 0 spiro atoms. The predicted molar refractivity (Wildman–Crippen MR) is 107 cm³/mol. The van der Waals surface area contributed by atoms with Crippen LogP contribution in [0.15, 0.2) is 12.3 Å². The van der Waals surface area contributed by atoms with Crippen molar-refractivity contribution >= 4 is 5.82 Å². The highest BCUT2D eigenvalue weighted by Gasteiger charge is 2.21. The summed E-state index contributed by atoms with van der Waals surface area (Å²) in [5, 5.41) is 3.38. The van der Waals surface area contributed by atoms with Crippen LogP contribution in [0.1, 0.15) is 52.1 Å². The summed E-state index contributed by atoms with van der Waals surface area (Å²) in [6.45, 7) is 8.42. The van der Waals surface area contributed by atoms with Crippen LogP contribution in [-0.2, 0) is 0 Å². The summed E-state index contributed by atoms with van der Waals surface area (Å²) in [7, 11) is 4.78. The van der Waals surface area contributed by atoms with E-state index in [-0.39, 0.29) is 6.04 Å². The fourth-order valence-corrected chi connectivity index (χ4v) is 2.76. The molecule has 0 aliphatic carbocycles. The Morgan fingerprint density at radius 3 is 2.15 bits per heavy atom. The van der Waals surface area contributed by atoms with E-state index in [1.807, 2.05) is 6.07 Å². The van der Waals surface area contributed by atoms with E-state index in [0.717, 1.165) is 18.5 Å². The summed E-state index contributed by atoms with van der Waals surface area (Å²) in [4.78, 5) is 13.8. The zero-order valence-electron chi connectivity index (χ0n) is 17.3. The summed E-state index contributed by atoms with van der Waals surface area (Å²) >= 11 is 0. The van der Waals surface area contributed by atoms with Crippen molar-refractivity contribution in [3.05, 3.63) is 18.0 Å². The molecule has 0 atom stereocenters. The molecular formula is C20H30N4O3. The van der Waals surface area contributed by atoms with E-state index in [1.165, 1.54) is 0 Å². The fourth-order valence-electron chi connectivity index (χ4n) is 2.76. The smallest absolute Gasteiger partial charge is 0.258 e. The van der Waals surface area contributed by atoms with Gasteiger partial charge in [0.25, 0.3) is 5.88 Å². The van der Waals surface area contributed by atoms with Gasteiger partial charge in [-0.25, -0.2) is 4.98 Å². The van der Waals surface area contributed by atoms with Crippen molar-refractivity contribution in [2.75, 3.05) is 26.6 Å². The van der Waals surface area contributed by atoms with Gasteiger partial charge in [-0.2, -0.15) is 4.98 Å². The first-order valence-electron chi connectivity index (χ1n) is 9.29. The SMILES string of the molecule is CCC(CC)Nc1nc(OC)c(-c2cnc(C(C)C)cc2OC)nc1OC. The third-order valence-electron chi connectivity index (χ3n) is 4.50. The largest absolute Gasteiger partial charge is 0.496 e. The quantitative estimate of drug-likeness (QED) is 0.701. The van der Waals surface area contributed by atoms with Gasteiger partial charge in [0.1, 0.15) is 11.4 Å². The third kappa shape index (κ3) is 4.59. The van der Waals surface area contributed by atoms with Crippen molar-refractivity contribution in [3.8, 4) is 28.8 Å². The zero-order chi connectivity index (χ0) is 20.0. The summed E-state index contributed by atoms with van der Waals surface area (Å²) < 4.78 is 16.6. The van der Waals surface area contributed by atoms with Crippen molar-refractivity contribution in [1.29, 1.82) is 0 Å². The highest BCUT2D eigenvalue weighted by molar-refractivity contribution is 5.72. The number of ether oxygens (including phenoxy) is 3. The lowest BCUT2D eigenvalue weighted by Crippen LogP contribution is -2.19. The van der Waals surface area contributed by atoms with Crippen LogP contribution in [0.4, 0.5) is 5.82 Å². The van der Waals surface area contributed by atoms with Crippen molar-refractivity contribution in [2.45, 2.75) is 52.5 Å². The molecule has 0 fully saturated rings. The molecule has 0 aliphatic rings. The van der Waals surface area contributed by atoms with Gasteiger partial charge in [-0.1, -0.05) is 27.7 Å². The average molecular weight is 374 g/mol. The second-order valence-electron chi connectivity index (χ2n) is 6.56. The average Bonchev–Trinajstić information content (AvgIpc) is 2.70. The topological polar surface area (TPSA) is 78.4 Å². The maximum Gasteiger partial charge on any atom is 0.258 e. The number of nitrogens with one attached hydrogen (secondary N) is 1. The number of hydrogen-bond donors (Lipinski definition) is 1. The van der Waals surface area contributed by atoms with Crippen molar-refractivity contribution in [3.63, 3.8) is 0 Å². The van der Waals surface area contributed by atoms with Gasteiger partial charge in [0.2, 0.25) is 5.88 Å². The van der Waals surface area contributed by atoms with Crippen LogP contribution in [0.2, 0.25) is 0 Å². The molecule has 0 radical (unpaired) electrons. The first-order valence-corrected chi connectivity index (χ1v) is 9.29. The van der Waals surface area contributed by atoms with E-state index in [9.17, 15) is 0 Å². The molecule has 0 aliphatic heterocycles. The molecule has 0 unspecified atom stereocenters. The highest BCUT2D eigenvalue weighted by Crippen LogP contribution is 2.38. The Kier molecular flexibility index (Phi) is 7.21. The van der Waals surface area contributed by atoms with Gasteiger partial charge >= 0.3 is 0 Å². The second-order valence-corrected chi connectivity index (χ2v) is 6.56. The molecule has 0 saturated heterocycles. The first-order chi connectivity index (χ1) is 13.0. The minimum atomic E-state index is 0.283. The van der Waals surface area contributed by atoms with Crippen LogP contribution < -0.4 is 19.5 Å². The van der Waals surface area contributed by atoms with Gasteiger partial charge < -0.3 is 19.5 Å².